The molecule has 10 heteroatoms. The molecule has 5 rings (SSSR count). The van der Waals surface area contributed by atoms with Gasteiger partial charge in [0.1, 0.15) is 11.0 Å². The zero-order chi connectivity index (χ0) is 19.6. The van der Waals surface area contributed by atoms with Crippen molar-refractivity contribution in [2.24, 2.45) is 0 Å². The number of nitro benzene ring substituents is 1. The Balaban J connectivity index is 1.76. The van der Waals surface area contributed by atoms with Crippen molar-refractivity contribution in [1.29, 1.82) is 0 Å². The van der Waals surface area contributed by atoms with Crippen LogP contribution in [-0.2, 0) is 0 Å². The molecular weight excluding hydrogens is 515 g/mol. The third kappa shape index (κ3) is 2.61. The molecule has 4 aromatic rings. The van der Waals surface area contributed by atoms with Crippen LogP contribution in [0.25, 0.3) is 22.1 Å². The summed E-state index contributed by atoms with van der Waals surface area (Å²) in [5.41, 5.74) is 3.63. The number of anilines is 2. The van der Waals surface area contributed by atoms with Crippen LogP contribution < -0.4 is 10.1 Å². The molecule has 0 spiro atoms. The number of nitrogens with zero attached hydrogens (tertiary/aromatic N) is 3. The molecule has 1 N–H and O–H groups in total. The summed E-state index contributed by atoms with van der Waals surface area (Å²) in [5, 5.41) is 14.8. The van der Waals surface area contributed by atoms with E-state index in [4.69, 9.17) is 16.3 Å². The first-order chi connectivity index (χ1) is 13.4. The summed E-state index contributed by atoms with van der Waals surface area (Å²) >= 11 is 13.2. The molecule has 0 radical (unpaired) electrons. The second-order valence-electron chi connectivity index (χ2n) is 6.05. The van der Waals surface area contributed by atoms with E-state index in [0.29, 0.717) is 58.9 Å². The molecule has 0 saturated heterocycles. The molecule has 138 valence electrons. The molecule has 0 unspecified atom stereocenters. The lowest BCUT2D eigenvalue weighted by molar-refractivity contribution is -0.384. The van der Waals surface area contributed by atoms with Crippen molar-refractivity contribution >= 4 is 82.6 Å². The van der Waals surface area contributed by atoms with E-state index in [0.717, 1.165) is 0 Å². The Morgan fingerprint density at radius 3 is 2.57 bits per heavy atom. The van der Waals surface area contributed by atoms with E-state index in [-0.39, 0.29) is 5.69 Å². The summed E-state index contributed by atoms with van der Waals surface area (Å²) in [6.07, 6.45) is 0. The Labute approximate surface area is 179 Å². The number of hydrogen-bond acceptors (Lipinski definition) is 6. The minimum atomic E-state index is -0.454. The van der Waals surface area contributed by atoms with Gasteiger partial charge in [-0.2, -0.15) is 0 Å². The maximum absolute atomic E-state index is 11.1. The number of fused-ring (bicyclic) bond motifs is 4. The van der Waals surface area contributed by atoms with Gasteiger partial charge < -0.3 is 10.1 Å². The summed E-state index contributed by atoms with van der Waals surface area (Å²) < 4.78 is 7.27. The number of benzene rings is 3. The van der Waals surface area contributed by atoms with E-state index in [9.17, 15) is 10.1 Å². The van der Waals surface area contributed by atoms with Crippen molar-refractivity contribution in [1.82, 2.24) is 9.97 Å². The van der Waals surface area contributed by atoms with Gasteiger partial charge in [-0.1, -0.05) is 11.6 Å². The zero-order valence-electron chi connectivity index (χ0n) is 13.7. The van der Waals surface area contributed by atoms with E-state index in [1.165, 1.54) is 12.1 Å². The van der Waals surface area contributed by atoms with Crippen LogP contribution >= 0.6 is 43.5 Å². The summed E-state index contributed by atoms with van der Waals surface area (Å²) in [5.74, 6) is 0.994. The van der Waals surface area contributed by atoms with Crippen LogP contribution in [0.5, 0.6) is 11.5 Å². The van der Waals surface area contributed by atoms with Gasteiger partial charge in [-0.25, -0.2) is 9.97 Å². The number of non-ortho nitro benzene ring substituents is 1. The van der Waals surface area contributed by atoms with Crippen molar-refractivity contribution in [2.45, 2.75) is 0 Å². The summed E-state index contributed by atoms with van der Waals surface area (Å²) in [6.45, 7) is 0. The smallest absolute Gasteiger partial charge is 0.271 e. The molecule has 0 fully saturated rings. The van der Waals surface area contributed by atoms with Gasteiger partial charge in [0.15, 0.2) is 11.5 Å². The molecule has 2 heterocycles. The number of ether oxygens (including phenoxy) is 1. The normalized spacial score (nSPS) is 12.2. The van der Waals surface area contributed by atoms with Crippen molar-refractivity contribution < 1.29 is 9.66 Å². The first kappa shape index (κ1) is 17.6. The fraction of sp³-hybridized carbons (Fsp3) is 0. The Bertz CT molecular complexity index is 1350. The van der Waals surface area contributed by atoms with Crippen LogP contribution in [0.1, 0.15) is 0 Å². The van der Waals surface area contributed by atoms with Crippen molar-refractivity contribution in [3.63, 3.8) is 0 Å². The van der Waals surface area contributed by atoms with Crippen molar-refractivity contribution in [3.05, 3.63) is 60.5 Å². The lowest BCUT2D eigenvalue weighted by Crippen LogP contribution is -2.06. The van der Waals surface area contributed by atoms with Gasteiger partial charge in [-0.3, -0.25) is 10.1 Å². The first-order valence-corrected chi connectivity index (χ1v) is 9.90. The monoisotopic (exact) mass is 520 g/mol. The number of hydrogen-bond donors (Lipinski definition) is 1. The van der Waals surface area contributed by atoms with Gasteiger partial charge in [0, 0.05) is 17.2 Å². The average Bonchev–Trinajstić information content (AvgIpc) is 2.69. The molecule has 1 aliphatic heterocycles. The largest absolute Gasteiger partial charge is 0.452 e. The summed E-state index contributed by atoms with van der Waals surface area (Å²) in [7, 11) is 0. The third-order valence-electron chi connectivity index (χ3n) is 4.33. The predicted molar refractivity (Wildman–Crippen MR) is 114 cm³/mol. The second kappa shape index (κ2) is 6.26. The van der Waals surface area contributed by atoms with Crippen LogP contribution in [0, 0.1) is 10.1 Å². The molecule has 0 bridgehead atoms. The first-order valence-electron chi connectivity index (χ1n) is 7.93. The molecule has 7 nitrogen and oxygen atoms in total. The van der Waals surface area contributed by atoms with Gasteiger partial charge in [-0.15, -0.1) is 0 Å². The Morgan fingerprint density at radius 1 is 1.04 bits per heavy atom. The second-order valence-corrected chi connectivity index (χ2v) is 8.07. The zero-order valence-corrected chi connectivity index (χ0v) is 17.6. The molecule has 0 aliphatic carbocycles. The van der Waals surface area contributed by atoms with E-state index >= 15 is 0 Å². The van der Waals surface area contributed by atoms with E-state index in [2.05, 4.69) is 47.1 Å². The van der Waals surface area contributed by atoms with Crippen LogP contribution in [0.15, 0.2) is 45.3 Å². The van der Waals surface area contributed by atoms with Gasteiger partial charge in [0.2, 0.25) is 0 Å². The summed E-state index contributed by atoms with van der Waals surface area (Å²) in [4.78, 5) is 20.0. The minimum absolute atomic E-state index is 0.0327. The molecule has 1 aromatic heterocycles. The van der Waals surface area contributed by atoms with Crippen molar-refractivity contribution in [2.75, 3.05) is 5.32 Å². The molecule has 1 aliphatic rings. The topological polar surface area (TPSA) is 90.2 Å². The molecule has 28 heavy (non-hydrogen) atoms. The number of rotatable bonds is 1. The maximum Gasteiger partial charge on any atom is 0.271 e. The van der Waals surface area contributed by atoms with Crippen LogP contribution in [0.4, 0.5) is 17.1 Å². The standard InChI is InChI=1S/C18H7Br2ClN4O3/c19-13-15-16(22-9-3-1-7(21)5-10(9)23-15)14(20)18-17(13)24-11-6-8(25(26)27)2-4-12(11)28-18/h1-6,24H. The Morgan fingerprint density at radius 2 is 1.79 bits per heavy atom. The number of aromatic nitrogens is 2. The Hall–Kier alpha value is -2.49. The van der Waals surface area contributed by atoms with Gasteiger partial charge >= 0.3 is 0 Å². The van der Waals surface area contributed by atoms with Crippen molar-refractivity contribution in [3.8, 4) is 11.5 Å². The number of halogens is 3. The van der Waals surface area contributed by atoms with E-state index < -0.39 is 4.92 Å². The van der Waals surface area contributed by atoms with E-state index in [1.54, 1.807) is 24.3 Å². The highest BCUT2D eigenvalue weighted by Gasteiger charge is 2.27. The quantitative estimate of drug-likeness (QED) is 0.149. The SMILES string of the molecule is O=[N+]([O-])c1ccc2c(c1)Nc1c(c(Br)c3nc4ccc(Cl)cc4nc3c1Br)O2. The highest BCUT2D eigenvalue weighted by Crippen LogP contribution is 2.52. The van der Waals surface area contributed by atoms with Crippen LogP contribution in [0.2, 0.25) is 5.02 Å². The molecule has 3 aromatic carbocycles. The fourth-order valence-corrected chi connectivity index (χ4v) is 4.32. The van der Waals surface area contributed by atoms with Gasteiger partial charge in [-0.05, 0) is 56.1 Å². The molecule has 0 saturated carbocycles. The van der Waals surface area contributed by atoms with Gasteiger partial charge in [0.25, 0.3) is 5.69 Å². The fourth-order valence-electron chi connectivity index (χ4n) is 3.04. The molecule has 0 atom stereocenters. The minimum Gasteiger partial charge on any atom is -0.452 e. The molecule has 0 amide bonds. The highest BCUT2D eigenvalue weighted by atomic mass is 79.9. The molecular formula is C18H7Br2ClN4O3. The number of nitrogens with one attached hydrogen (secondary N) is 1. The maximum atomic E-state index is 11.1. The lowest BCUT2D eigenvalue weighted by Gasteiger charge is -2.24. The highest BCUT2D eigenvalue weighted by molar-refractivity contribution is 9.11. The van der Waals surface area contributed by atoms with Gasteiger partial charge in [0.05, 0.1) is 36.3 Å². The summed E-state index contributed by atoms with van der Waals surface area (Å²) in [6, 6.07) is 9.68. The lowest BCUT2D eigenvalue weighted by atomic mass is 10.1. The average molecular weight is 523 g/mol. The Kier molecular flexibility index (Phi) is 3.94. The van der Waals surface area contributed by atoms with E-state index in [1.807, 2.05) is 0 Å². The number of nitro groups is 1. The third-order valence-corrected chi connectivity index (χ3v) is 6.08. The van der Waals surface area contributed by atoms with Crippen LogP contribution in [-0.4, -0.2) is 14.9 Å². The predicted octanol–water partition coefficient (Wildman–Crippen LogP) is 6.72. The van der Waals surface area contributed by atoms with Crippen LogP contribution in [0.3, 0.4) is 0 Å².